The molecule has 5 rings (SSSR count). The van der Waals surface area contributed by atoms with Crippen molar-refractivity contribution < 1.29 is 19.4 Å². The first-order chi connectivity index (χ1) is 18.6. The van der Waals surface area contributed by atoms with Gasteiger partial charge in [-0.15, -0.1) is 0 Å². The van der Waals surface area contributed by atoms with E-state index in [2.05, 4.69) is 41.1 Å². The molecule has 1 fully saturated rings. The SMILES string of the molecule is COc1ccc(-c2ccccc2COC2(c3cc(C=CC(=O)O)nn3C3CCCCC3)C=CC=CC2)cc1. The quantitative estimate of drug-likeness (QED) is 0.311. The number of benzene rings is 2. The zero-order valence-corrected chi connectivity index (χ0v) is 21.8. The van der Waals surface area contributed by atoms with Gasteiger partial charge in [0.25, 0.3) is 0 Å². The van der Waals surface area contributed by atoms with Gasteiger partial charge in [-0.1, -0.05) is 73.9 Å². The lowest BCUT2D eigenvalue weighted by Crippen LogP contribution is -2.33. The molecule has 1 heterocycles. The molecule has 196 valence electrons. The number of nitrogens with zero attached hydrogens (tertiary/aromatic N) is 2. The molecule has 6 heteroatoms. The van der Waals surface area contributed by atoms with Gasteiger partial charge in [0.1, 0.15) is 11.4 Å². The third kappa shape index (κ3) is 5.65. The molecule has 1 unspecified atom stereocenters. The maximum Gasteiger partial charge on any atom is 0.328 e. The van der Waals surface area contributed by atoms with Crippen LogP contribution in [0.15, 0.2) is 85.0 Å². The van der Waals surface area contributed by atoms with Gasteiger partial charge in [-0.3, -0.25) is 4.68 Å². The predicted molar refractivity (Wildman–Crippen MR) is 149 cm³/mol. The average Bonchev–Trinajstić information content (AvgIpc) is 3.41. The normalized spacial score (nSPS) is 19.7. The van der Waals surface area contributed by atoms with Crippen molar-refractivity contribution in [2.75, 3.05) is 7.11 Å². The molecule has 0 bridgehead atoms. The molecular weight excluding hydrogens is 476 g/mol. The standard InChI is InChI=1S/C32H34N2O4/c1-37-28-17-14-24(15-18-28)29-13-7-6-10-25(29)23-38-32(20-8-3-9-21-32)30-22-26(16-19-31(35)36)33-34(30)27-11-4-2-5-12-27/h3,6-10,13-20,22,27H,2,4-5,11-12,21,23H2,1H3,(H,35,36). The van der Waals surface area contributed by atoms with Crippen molar-refractivity contribution in [2.24, 2.45) is 0 Å². The van der Waals surface area contributed by atoms with E-state index >= 15 is 0 Å². The summed E-state index contributed by atoms with van der Waals surface area (Å²) in [5, 5.41) is 14.1. The summed E-state index contributed by atoms with van der Waals surface area (Å²) < 4.78 is 14.3. The van der Waals surface area contributed by atoms with E-state index < -0.39 is 11.6 Å². The summed E-state index contributed by atoms with van der Waals surface area (Å²) in [4.78, 5) is 11.2. The highest BCUT2D eigenvalue weighted by Crippen LogP contribution is 2.40. The van der Waals surface area contributed by atoms with Crippen molar-refractivity contribution in [3.8, 4) is 16.9 Å². The molecule has 1 N–H and O–H groups in total. The van der Waals surface area contributed by atoms with E-state index in [1.807, 2.05) is 42.5 Å². The minimum Gasteiger partial charge on any atom is -0.497 e. The highest BCUT2D eigenvalue weighted by molar-refractivity contribution is 5.84. The zero-order chi connectivity index (χ0) is 26.4. The summed E-state index contributed by atoms with van der Waals surface area (Å²) in [6, 6.07) is 18.6. The number of methoxy groups -OCH3 is 1. The van der Waals surface area contributed by atoms with Crippen molar-refractivity contribution in [3.05, 3.63) is 102 Å². The van der Waals surface area contributed by atoms with Gasteiger partial charge in [0.15, 0.2) is 0 Å². The molecule has 6 nitrogen and oxygen atoms in total. The molecule has 0 spiro atoms. The van der Waals surface area contributed by atoms with Crippen molar-refractivity contribution >= 4 is 12.0 Å². The molecule has 0 aliphatic heterocycles. The fraction of sp³-hybridized carbons (Fsp3) is 0.312. The molecule has 2 aliphatic rings. The molecule has 1 aromatic heterocycles. The van der Waals surface area contributed by atoms with E-state index in [0.29, 0.717) is 18.7 Å². The van der Waals surface area contributed by atoms with E-state index in [0.717, 1.165) is 47.1 Å². The summed E-state index contributed by atoms with van der Waals surface area (Å²) in [7, 11) is 1.67. The van der Waals surface area contributed by atoms with Crippen LogP contribution >= 0.6 is 0 Å². The minimum absolute atomic E-state index is 0.275. The van der Waals surface area contributed by atoms with Crippen molar-refractivity contribution in [2.45, 2.75) is 56.8 Å². The molecule has 38 heavy (non-hydrogen) atoms. The number of rotatable bonds is 9. The molecular formula is C32H34N2O4. The van der Waals surface area contributed by atoms with Gasteiger partial charge in [0.2, 0.25) is 0 Å². The predicted octanol–water partition coefficient (Wildman–Crippen LogP) is 7.09. The van der Waals surface area contributed by atoms with Gasteiger partial charge < -0.3 is 14.6 Å². The van der Waals surface area contributed by atoms with Crippen LogP contribution in [0.3, 0.4) is 0 Å². The Bertz CT molecular complexity index is 1350. The summed E-state index contributed by atoms with van der Waals surface area (Å²) in [5.74, 6) is -0.162. The van der Waals surface area contributed by atoms with Gasteiger partial charge in [0, 0.05) is 12.5 Å². The highest BCUT2D eigenvalue weighted by Gasteiger charge is 2.36. The van der Waals surface area contributed by atoms with Crippen molar-refractivity contribution in [1.82, 2.24) is 9.78 Å². The van der Waals surface area contributed by atoms with Crippen LogP contribution in [-0.2, 0) is 21.7 Å². The Morgan fingerprint density at radius 2 is 1.89 bits per heavy atom. The summed E-state index contributed by atoms with van der Waals surface area (Å²) in [5.41, 5.74) is 4.21. The Morgan fingerprint density at radius 3 is 2.61 bits per heavy atom. The second-order valence-electron chi connectivity index (χ2n) is 9.92. The summed E-state index contributed by atoms with van der Waals surface area (Å²) in [6.45, 7) is 0.413. The number of aliphatic carboxylic acids is 1. The fourth-order valence-corrected chi connectivity index (χ4v) is 5.45. The molecule has 2 aliphatic carbocycles. The van der Waals surface area contributed by atoms with E-state index in [1.165, 1.54) is 19.3 Å². The minimum atomic E-state index is -0.986. The van der Waals surface area contributed by atoms with Crippen LogP contribution in [0.1, 0.15) is 61.5 Å². The summed E-state index contributed by atoms with van der Waals surface area (Å²) in [6.07, 6.45) is 17.4. The Balaban J connectivity index is 1.50. The molecule has 2 aromatic carbocycles. The first kappa shape index (κ1) is 25.7. The van der Waals surface area contributed by atoms with Crippen LogP contribution in [-0.4, -0.2) is 28.0 Å². The maximum absolute atomic E-state index is 11.2. The van der Waals surface area contributed by atoms with Gasteiger partial charge in [-0.05, 0) is 59.9 Å². The second kappa shape index (κ2) is 11.7. The smallest absolute Gasteiger partial charge is 0.328 e. The largest absolute Gasteiger partial charge is 0.497 e. The number of carbonyl (C=O) groups is 1. The van der Waals surface area contributed by atoms with Crippen LogP contribution in [0.5, 0.6) is 5.75 Å². The first-order valence-electron chi connectivity index (χ1n) is 13.3. The zero-order valence-electron chi connectivity index (χ0n) is 21.8. The number of aromatic nitrogens is 2. The number of ether oxygens (including phenoxy) is 2. The molecule has 0 saturated heterocycles. The Kier molecular flexibility index (Phi) is 7.89. The lowest BCUT2D eigenvalue weighted by Gasteiger charge is -2.35. The molecule has 0 amide bonds. The maximum atomic E-state index is 11.2. The number of carboxylic acids is 1. The average molecular weight is 511 g/mol. The lowest BCUT2D eigenvalue weighted by atomic mass is 9.89. The number of allylic oxidation sites excluding steroid dienone is 2. The monoisotopic (exact) mass is 510 g/mol. The van der Waals surface area contributed by atoms with E-state index in [9.17, 15) is 9.90 Å². The third-order valence-electron chi connectivity index (χ3n) is 7.44. The first-order valence-corrected chi connectivity index (χ1v) is 13.3. The number of hydrogen-bond donors (Lipinski definition) is 1. The Hall–Kier alpha value is -3.90. The van der Waals surface area contributed by atoms with Gasteiger partial charge in [0.05, 0.1) is 31.1 Å². The van der Waals surface area contributed by atoms with E-state index in [-0.39, 0.29) is 6.04 Å². The van der Waals surface area contributed by atoms with Crippen molar-refractivity contribution in [3.63, 3.8) is 0 Å². The topological polar surface area (TPSA) is 73.6 Å². The van der Waals surface area contributed by atoms with Crippen molar-refractivity contribution in [1.29, 1.82) is 0 Å². The van der Waals surface area contributed by atoms with Crippen LogP contribution in [0.2, 0.25) is 0 Å². The van der Waals surface area contributed by atoms with Crippen LogP contribution < -0.4 is 4.74 Å². The van der Waals surface area contributed by atoms with Gasteiger partial charge >= 0.3 is 5.97 Å². The number of carboxylic acid groups (broad SMARTS) is 1. The molecule has 1 atom stereocenters. The lowest BCUT2D eigenvalue weighted by molar-refractivity contribution is -0.131. The molecule has 0 radical (unpaired) electrons. The molecule has 1 saturated carbocycles. The van der Waals surface area contributed by atoms with Gasteiger partial charge in [-0.2, -0.15) is 5.10 Å². The van der Waals surface area contributed by atoms with Crippen LogP contribution in [0, 0.1) is 0 Å². The highest BCUT2D eigenvalue weighted by atomic mass is 16.5. The van der Waals surface area contributed by atoms with Gasteiger partial charge in [-0.25, -0.2) is 4.79 Å². The number of hydrogen-bond acceptors (Lipinski definition) is 4. The molecule has 3 aromatic rings. The third-order valence-corrected chi connectivity index (χ3v) is 7.44. The Labute approximate surface area is 223 Å². The fourth-order valence-electron chi connectivity index (χ4n) is 5.45. The van der Waals surface area contributed by atoms with E-state index in [1.54, 1.807) is 13.2 Å². The van der Waals surface area contributed by atoms with E-state index in [4.69, 9.17) is 14.6 Å². The van der Waals surface area contributed by atoms with Crippen LogP contribution in [0.25, 0.3) is 17.2 Å². The summed E-state index contributed by atoms with van der Waals surface area (Å²) >= 11 is 0. The van der Waals surface area contributed by atoms with Crippen LogP contribution in [0.4, 0.5) is 0 Å². The second-order valence-corrected chi connectivity index (χ2v) is 9.92. The Morgan fingerprint density at radius 1 is 1.11 bits per heavy atom.